The summed E-state index contributed by atoms with van der Waals surface area (Å²) in [6.45, 7) is 10.1. The van der Waals surface area contributed by atoms with Gasteiger partial charge in [-0.15, -0.1) is 0 Å². The Morgan fingerprint density at radius 1 is 1.38 bits per heavy atom. The van der Waals surface area contributed by atoms with Crippen molar-refractivity contribution in [2.45, 2.75) is 27.2 Å². The Labute approximate surface area is 99.9 Å². The lowest BCUT2D eigenvalue weighted by Gasteiger charge is -2.02. The second-order valence-electron chi connectivity index (χ2n) is 3.45. The van der Waals surface area contributed by atoms with Gasteiger partial charge in [-0.1, -0.05) is 50.3 Å². The quantitative estimate of drug-likeness (QED) is 0.755. The van der Waals surface area contributed by atoms with Crippen molar-refractivity contribution < 1.29 is 0 Å². The van der Waals surface area contributed by atoms with Crippen molar-refractivity contribution in [1.29, 1.82) is 0 Å². The minimum Gasteiger partial charge on any atom is -0.394 e. The summed E-state index contributed by atoms with van der Waals surface area (Å²) in [6, 6.07) is 8.51. The van der Waals surface area contributed by atoms with Gasteiger partial charge in [0.1, 0.15) is 0 Å². The molecule has 0 amide bonds. The Morgan fingerprint density at radius 2 is 2.06 bits per heavy atom. The van der Waals surface area contributed by atoms with Crippen LogP contribution in [0.5, 0.6) is 0 Å². The fourth-order valence-electron chi connectivity index (χ4n) is 1.34. The van der Waals surface area contributed by atoms with Gasteiger partial charge in [-0.05, 0) is 36.8 Å². The van der Waals surface area contributed by atoms with Gasteiger partial charge < -0.3 is 5.32 Å². The molecule has 0 radical (unpaired) electrons. The van der Waals surface area contributed by atoms with E-state index in [1.165, 1.54) is 11.1 Å². The van der Waals surface area contributed by atoms with Crippen molar-refractivity contribution in [1.82, 2.24) is 5.32 Å². The van der Waals surface area contributed by atoms with Crippen LogP contribution in [-0.2, 0) is 6.42 Å². The number of benzene rings is 1. The Morgan fingerprint density at radius 3 is 2.62 bits per heavy atom. The molecule has 0 saturated heterocycles. The van der Waals surface area contributed by atoms with E-state index in [0.717, 1.165) is 12.0 Å². The number of allylic oxidation sites excluding steroid dienone is 2. The van der Waals surface area contributed by atoms with Crippen LogP contribution >= 0.6 is 0 Å². The van der Waals surface area contributed by atoms with Crippen LogP contribution in [0, 0.1) is 6.92 Å². The fraction of sp³-hybridized carbons (Fsp3) is 0.333. The molecule has 1 N–H and O–H groups in total. The minimum absolute atomic E-state index is 0.917. The van der Waals surface area contributed by atoms with Gasteiger partial charge in [-0.3, -0.25) is 0 Å². The lowest BCUT2D eigenvalue weighted by Crippen LogP contribution is -1.93. The first-order valence-corrected chi connectivity index (χ1v) is 5.79. The lowest BCUT2D eigenvalue weighted by molar-refractivity contribution is 1.09. The second kappa shape index (κ2) is 8.78. The van der Waals surface area contributed by atoms with Crippen LogP contribution in [0.25, 0.3) is 0 Å². The predicted octanol–water partition coefficient (Wildman–Crippen LogP) is 3.85. The van der Waals surface area contributed by atoms with Crippen LogP contribution < -0.4 is 5.32 Å². The van der Waals surface area contributed by atoms with E-state index in [9.17, 15) is 0 Å². The molecule has 1 nitrogen and oxygen atoms in total. The monoisotopic (exact) mass is 217 g/mol. The minimum atomic E-state index is 0.917. The van der Waals surface area contributed by atoms with Gasteiger partial charge in [0.05, 0.1) is 0 Å². The maximum Gasteiger partial charge on any atom is 0.00277 e. The summed E-state index contributed by atoms with van der Waals surface area (Å²) in [7, 11) is 1.89. The number of nitrogens with one attached hydrogen (secondary N) is 1. The molecule has 0 bridgehead atoms. The molecule has 0 saturated carbocycles. The Kier molecular flexibility index (Phi) is 7.96. The van der Waals surface area contributed by atoms with Gasteiger partial charge in [0.25, 0.3) is 0 Å². The third-order valence-electron chi connectivity index (χ3n) is 2.00. The van der Waals surface area contributed by atoms with E-state index in [1.54, 1.807) is 0 Å². The van der Waals surface area contributed by atoms with Crippen molar-refractivity contribution in [2.75, 3.05) is 7.05 Å². The molecule has 0 aliphatic heterocycles. The Balaban J connectivity index is 0.00000106. The summed E-state index contributed by atoms with van der Waals surface area (Å²) in [5.41, 5.74) is 3.73. The summed E-state index contributed by atoms with van der Waals surface area (Å²) in [6.07, 6.45) is 4.82. The van der Waals surface area contributed by atoms with Crippen molar-refractivity contribution >= 4 is 0 Å². The highest BCUT2D eigenvalue weighted by atomic mass is 14.8. The number of hydrogen-bond acceptors (Lipinski definition) is 1. The fourth-order valence-corrected chi connectivity index (χ4v) is 1.34. The molecular formula is C15H23N. The first kappa shape index (κ1) is 14.5. The number of rotatable bonds is 4. The van der Waals surface area contributed by atoms with Crippen LogP contribution in [0.3, 0.4) is 0 Å². The summed E-state index contributed by atoms with van der Waals surface area (Å²) in [4.78, 5) is 0. The number of hydrogen-bond donors (Lipinski definition) is 1. The maximum absolute atomic E-state index is 3.99. The third-order valence-corrected chi connectivity index (χ3v) is 2.00. The van der Waals surface area contributed by atoms with E-state index in [4.69, 9.17) is 0 Å². The van der Waals surface area contributed by atoms with Gasteiger partial charge >= 0.3 is 0 Å². The second-order valence-corrected chi connectivity index (χ2v) is 3.45. The van der Waals surface area contributed by atoms with E-state index in [1.807, 2.05) is 33.2 Å². The summed E-state index contributed by atoms with van der Waals surface area (Å²) >= 11 is 0. The molecule has 0 aliphatic carbocycles. The Bertz CT molecular complexity index is 337. The van der Waals surface area contributed by atoms with Crippen LogP contribution in [0.4, 0.5) is 0 Å². The SMILES string of the molecule is C=C(/C=C/NC)Cc1cccc(C)c1.CC. The molecule has 0 aromatic heterocycles. The molecule has 0 heterocycles. The molecule has 0 aliphatic rings. The van der Waals surface area contributed by atoms with E-state index in [0.29, 0.717) is 0 Å². The van der Waals surface area contributed by atoms with E-state index >= 15 is 0 Å². The van der Waals surface area contributed by atoms with E-state index < -0.39 is 0 Å². The third kappa shape index (κ3) is 6.07. The summed E-state index contributed by atoms with van der Waals surface area (Å²) in [5, 5.41) is 2.95. The average molecular weight is 217 g/mol. The zero-order valence-corrected chi connectivity index (χ0v) is 10.9. The van der Waals surface area contributed by atoms with Gasteiger partial charge in [0.2, 0.25) is 0 Å². The summed E-state index contributed by atoms with van der Waals surface area (Å²) in [5.74, 6) is 0. The van der Waals surface area contributed by atoms with Gasteiger partial charge in [0, 0.05) is 7.05 Å². The molecule has 0 spiro atoms. The molecule has 1 rings (SSSR count). The molecule has 16 heavy (non-hydrogen) atoms. The zero-order valence-electron chi connectivity index (χ0n) is 10.9. The smallest absolute Gasteiger partial charge is 0.00277 e. The maximum atomic E-state index is 3.99. The van der Waals surface area contributed by atoms with Crippen molar-refractivity contribution in [3.05, 3.63) is 59.8 Å². The van der Waals surface area contributed by atoms with Gasteiger partial charge in [-0.25, -0.2) is 0 Å². The average Bonchev–Trinajstić information content (AvgIpc) is 2.29. The molecule has 0 fully saturated rings. The van der Waals surface area contributed by atoms with E-state index in [-0.39, 0.29) is 0 Å². The van der Waals surface area contributed by atoms with Crippen LogP contribution in [0.15, 0.2) is 48.7 Å². The van der Waals surface area contributed by atoms with Crippen molar-refractivity contribution in [3.63, 3.8) is 0 Å². The molecule has 1 aromatic carbocycles. The van der Waals surface area contributed by atoms with Crippen LogP contribution in [-0.4, -0.2) is 7.05 Å². The van der Waals surface area contributed by atoms with Crippen molar-refractivity contribution in [2.24, 2.45) is 0 Å². The predicted molar refractivity (Wildman–Crippen MR) is 73.6 cm³/mol. The largest absolute Gasteiger partial charge is 0.394 e. The first-order chi connectivity index (χ1) is 7.72. The molecule has 1 heteroatoms. The highest BCUT2D eigenvalue weighted by Crippen LogP contribution is 2.09. The molecule has 1 aromatic rings. The highest BCUT2D eigenvalue weighted by molar-refractivity contribution is 5.29. The zero-order chi connectivity index (χ0) is 12.4. The summed E-state index contributed by atoms with van der Waals surface area (Å²) < 4.78 is 0. The van der Waals surface area contributed by atoms with Crippen LogP contribution in [0.2, 0.25) is 0 Å². The first-order valence-electron chi connectivity index (χ1n) is 5.79. The topological polar surface area (TPSA) is 12.0 Å². The molecule has 88 valence electrons. The van der Waals surface area contributed by atoms with E-state index in [2.05, 4.69) is 43.1 Å². The molecule has 0 unspecified atom stereocenters. The van der Waals surface area contributed by atoms with Gasteiger partial charge in [-0.2, -0.15) is 0 Å². The standard InChI is InChI=1S/C13H17N.C2H6/c1-11-5-4-6-13(9-11)10-12(2)7-8-14-3;1-2/h4-9,14H,2,10H2,1,3H3;1-2H3/b8-7+;. The highest BCUT2D eigenvalue weighted by Gasteiger charge is 1.94. The normalized spacial score (nSPS) is 9.50. The van der Waals surface area contributed by atoms with Crippen molar-refractivity contribution in [3.8, 4) is 0 Å². The Hall–Kier alpha value is -1.50. The lowest BCUT2D eigenvalue weighted by atomic mass is 10.0. The van der Waals surface area contributed by atoms with Gasteiger partial charge in [0.15, 0.2) is 0 Å². The molecular weight excluding hydrogens is 194 g/mol. The number of aryl methyl sites for hydroxylation is 1. The van der Waals surface area contributed by atoms with Crippen LogP contribution in [0.1, 0.15) is 25.0 Å². The molecule has 0 atom stereocenters.